The van der Waals surface area contributed by atoms with Crippen molar-refractivity contribution in [3.8, 4) is 0 Å². The van der Waals surface area contributed by atoms with E-state index >= 15 is 0 Å². The van der Waals surface area contributed by atoms with Crippen LogP contribution < -0.4 is 0 Å². The molecule has 1 aliphatic rings. The first-order valence-electron chi connectivity index (χ1n) is 6.02. The van der Waals surface area contributed by atoms with E-state index in [2.05, 4.69) is 26.0 Å². The Labute approximate surface area is 117 Å². The normalized spacial score (nSPS) is 19.3. The number of alkyl halides is 1. The third-order valence-electron chi connectivity index (χ3n) is 3.23. The Kier molecular flexibility index (Phi) is 3.22. The predicted molar refractivity (Wildman–Crippen MR) is 71.3 cm³/mol. The number of rotatable bonds is 2. The number of carbonyl (C=O) groups excluding carboxylic acids is 1. The number of hydrogen-bond donors (Lipinski definition) is 0. The van der Waals surface area contributed by atoms with Gasteiger partial charge in [0.2, 0.25) is 5.91 Å². The van der Waals surface area contributed by atoms with Crippen LogP contribution in [0.15, 0.2) is 22.9 Å². The summed E-state index contributed by atoms with van der Waals surface area (Å²) in [6.45, 7) is 0.801. The van der Waals surface area contributed by atoms with Crippen LogP contribution >= 0.6 is 15.9 Å². The Morgan fingerprint density at radius 3 is 3.11 bits per heavy atom. The third kappa shape index (κ3) is 2.47. The van der Waals surface area contributed by atoms with Gasteiger partial charge in [0.15, 0.2) is 0 Å². The van der Waals surface area contributed by atoms with E-state index in [0.29, 0.717) is 13.0 Å². The van der Waals surface area contributed by atoms with Crippen LogP contribution in [0.2, 0.25) is 0 Å². The van der Waals surface area contributed by atoms with Crippen LogP contribution in [-0.4, -0.2) is 44.8 Å². The summed E-state index contributed by atoms with van der Waals surface area (Å²) in [5, 5.41) is 4.16. The summed E-state index contributed by atoms with van der Waals surface area (Å²) >= 11 is 3.34. The SMILES string of the molecule is O=C(Cn1ncc2ncc(Br)cc21)N1CCC(F)C1. The van der Waals surface area contributed by atoms with Gasteiger partial charge >= 0.3 is 0 Å². The van der Waals surface area contributed by atoms with Gasteiger partial charge in [0.1, 0.15) is 18.2 Å². The van der Waals surface area contributed by atoms with Crippen molar-refractivity contribution in [2.75, 3.05) is 13.1 Å². The summed E-state index contributed by atoms with van der Waals surface area (Å²) in [4.78, 5) is 17.8. The summed E-state index contributed by atoms with van der Waals surface area (Å²) in [6.07, 6.45) is 2.84. The van der Waals surface area contributed by atoms with E-state index in [1.165, 1.54) is 0 Å². The van der Waals surface area contributed by atoms with Gasteiger partial charge in [-0.2, -0.15) is 5.10 Å². The van der Waals surface area contributed by atoms with Crippen molar-refractivity contribution in [1.82, 2.24) is 19.7 Å². The largest absolute Gasteiger partial charge is 0.338 e. The molecule has 1 saturated heterocycles. The van der Waals surface area contributed by atoms with Gasteiger partial charge in [-0.3, -0.25) is 14.5 Å². The number of amides is 1. The zero-order valence-electron chi connectivity index (χ0n) is 10.1. The van der Waals surface area contributed by atoms with Crippen molar-refractivity contribution in [1.29, 1.82) is 0 Å². The Morgan fingerprint density at radius 1 is 1.53 bits per heavy atom. The van der Waals surface area contributed by atoms with Crippen LogP contribution in [-0.2, 0) is 11.3 Å². The Balaban J connectivity index is 1.81. The van der Waals surface area contributed by atoms with E-state index in [1.807, 2.05) is 6.07 Å². The first-order chi connectivity index (χ1) is 9.13. The number of carbonyl (C=O) groups is 1. The smallest absolute Gasteiger partial charge is 0.244 e. The molecule has 2 aromatic heterocycles. The van der Waals surface area contributed by atoms with Crippen LogP contribution in [0, 0.1) is 0 Å². The van der Waals surface area contributed by atoms with Gasteiger partial charge in [0.25, 0.3) is 0 Å². The minimum Gasteiger partial charge on any atom is -0.338 e. The number of pyridine rings is 1. The van der Waals surface area contributed by atoms with Crippen LogP contribution in [0.25, 0.3) is 11.0 Å². The number of likely N-dealkylation sites (tertiary alicyclic amines) is 1. The maximum Gasteiger partial charge on any atom is 0.244 e. The Hall–Kier alpha value is -1.50. The van der Waals surface area contributed by atoms with Crippen molar-refractivity contribution >= 4 is 32.9 Å². The first kappa shape index (κ1) is 12.5. The van der Waals surface area contributed by atoms with Crippen molar-refractivity contribution in [2.45, 2.75) is 19.1 Å². The van der Waals surface area contributed by atoms with Crippen molar-refractivity contribution in [2.24, 2.45) is 0 Å². The molecule has 0 aliphatic carbocycles. The highest BCUT2D eigenvalue weighted by atomic mass is 79.9. The summed E-state index contributed by atoms with van der Waals surface area (Å²) in [6, 6.07) is 1.87. The molecule has 3 heterocycles. The topological polar surface area (TPSA) is 51.0 Å². The predicted octanol–water partition coefficient (Wildman–Crippen LogP) is 1.76. The number of halogens is 2. The van der Waals surface area contributed by atoms with Crippen molar-refractivity contribution in [3.05, 3.63) is 22.9 Å². The average Bonchev–Trinajstić information content (AvgIpc) is 2.97. The quantitative estimate of drug-likeness (QED) is 0.845. The Bertz CT molecular complexity index is 629. The average molecular weight is 327 g/mol. The van der Waals surface area contributed by atoms with E-state index in [4.69, 9.17) is 0 Å². The van der Waals surface area contributed by atoms with E-state index in [-0.39, 0.29) is 19.0 Å². The summed E-state index contributed by atoms with van der Waals surface area (Å²) < 4.78 is 15.5. The molecule has 5 nitrogen and oxygen atoms in total. The van der Waals surface area contributed by atoms with Gasteiger partial charge in [0, 0.05) is 17.2 Å². The molecule has 1 atom stereocenters. The third-order valence-corrected chi connectivity index (χ3v) is 3.66. The molecule has 1 aliphatic heterocycles. The standard InChI is InChI=1S/C12H12BrFN4O/c13-8-3-11-10(15-4-8)5-16-18(11)7-12(19)17-2-1-9(14)6-17/h3-5,9H,1-2,6-7H2. The lowest BCUT2D eigenvalue weighted by Gasteiger charge is -2.15. The summed E-state index contributed by atoms with van der Waals surface area (Å²) in [5.74, 6) is -0.106. The van der Waals surface area contributed by atoms with Crippen molar-refractivity contribution in [3.63, 3.8) is 0 Å². The van der Waals surface area contributed by atoms with Gasteiger partial charge in [-0.25, -0.2) is 4.39 Å². The molecular formula is C12H12BrFN4O. The van der Waals surface area contributed by atoms with E-state index in [9.17, 15) is 9.18 Å². The van der Waals surface area contributed by atoms with Crippen LogP contribution in [0.3, 0.4) is 0 Å². The minimum atomic E-state index is -0.894. The second-order valence-electron chi connectivity index (χ2n) is 4.59. The lowest BCUT2D eigenvalue weighted by molar-refractivity contribution is -0.131. The van der Waals surface area contributed by atoms with Crippen LogP contribution in [0.4, 0.5) is 4.39 Å². The maximum absolute atomic E-state index is 13.1. The van der Waals surface area contributed by atoms with E-state index in [1.54, 1.807) is 22.0 Å². The highest BCUT2D eigenvalue weighted by Crippen LogP contribution is 2.18. The number of fused-ring (bicyclic) bond motifs is 1. The van der Waals surface area contributed by atoms with Gasteiger partial charge in [0.05, 0.1) is 18.3 Å². The molecule has 19 heavy (non-hydrogen) atoms. The minimum absolute atomic E-state index is 0.106. The van der Waals surface area contributed by atoms with E-state index < -0.39 is 6.17 Å². The van der Waals surface area contributed by atoms with Gasteiger partial charge in [-0.05, 0) is 28.4 Å². The maximum atomic E-state index is 13.1. The second-order valence-corrected chi connectivity index (χ2v) is 5.50. The number of aromatic nitrogens is 3. The molecule has 1 amide bonds. The number of nitrogens with zero attached hydrogens (tertiary/aromatic N) is 4. The molecule has 0 spiro atoms. The fraction of sp³-hybridized carbons (Fsp3) is 0.417. The fourth-order valence-corrected chi connectivity index (χ4v) is 2.55. The molecule has 100 valence electrons. The van der Waals surface area contributed by atoms with Gasteiger partial charge in [-0.15, -0.1) is 0 Å². The van der Waals surface area contributed by atoms with Crippen molar-refractivity contribution < 1.29 is 9.18 Å². The van der Waals surface area contributed by atoms with Gasteiger partial charge in [-0.1, -0.05) is 0 Å². The van der Waals surface area contributed by atoms with Crippen LogP contribution in [0.1, 0.15) is 6.42 Å². The second kappa shape index (κ2) is 4.88. The zero-order chi connectivity index (χ0) is 13.4. The fourth-order valence-electron chi connectivity index (χ4n) is 2.23. The lowest BCUT2D eigenvalue weighted by Crippen LogP contribution is -2.32. The van der Waals surface area contributed by atoms with E-state index in [0.717, 1.165) is 15.5 Å². The molecule has 3 rings (SSSR count). The molecule has 0 N–H and O–H groups in total. The highest BCUT2D eigenvalue weighted by Gasteiger charge is 2.26. The molecular weight excluding hydrogens is 315 g/mol. The molecule has 0 bridgehead atoms. The van der Waals surface area contributed by atoms with Crippen LogP contribution in [0.5, 0.6) is 0 Å². The lowest BCUT2D eigenvalue weighted by atomic mass is 10.3. The molecule has 0 saturated carbocycles. The Morgan fingerprint density at radius 2 is 2.37 bits per heavy atom. The monoisotopic (exact) mass is 326 g/mol. The molecule has 0 radical (unpaired) electrons. The molecule has 0 aromatic carbocycles. The summed E-state index contributed by atoms with van der Waals surface area (Å²) in [5.41, 5.74) is 1.53. The molecule has 1 unspecified atom stereocenters. The molecule has 1 fully saturated rings. The number of hydrogen-bond acceptors (Lipinski definition) is 3. The summed E-state index contributed by atoms with van der Waals surface area (Å²) in [7, 11) is 0. The first-order valence-corrected chi connectivity index (χ1v) is 6.81. The molecule has 2 aromatic rings. The molecule has 7 heteroatoms. The highest BCUT2D eigenvalue weighted by molar-refractivity contribution is 9.10. The zero-order valence-corrected chi connectivity index (χ0v) is 11.7. The van der Waals surface area contributed by atoms with Gasteiger partial charge < -0.3 is 4.90 Å².